The average molecular weight is 222 g/mol. The molecule has 0 heterocycles. The molecule has 0 aliphatic carbocycles. The van der Waals surface area contributed by atoms with Gasteiger partial charge in [-0.3, -0.25) is 0 Å². The van der Waals surface area contributed by atoms with E-state index < -0.39 is 0 Å². The van der Waals surface area contributed by atoms with E-state index in [4.69, 9.17) is 4.74 Å². The number of para-hydroxylation sites is 1. The first-order chi connectivity index (χ1) is 7.69. The molecule has 0 aliphatic heterocycles. The van der Waals surface area contributed by atoms with Crippen LogP contribution in [0.25, 0.3) is 0 Å². The van der Waals surface area contributed by atoms with Crippen molar-refractivity contribution in [1.82, 2.24) is 0 Å². The van der Waals surface area contributed by atoms with E-state index in [0.29, 0.717) is 0 Å². The number of aliphatic hydroxyl groups is 1. The van der Waals surface area contributed by atoms with Crippen molar-refractivity contribution in [2.45, 2.75) is 39.2 Å². The molecule has 2 heteroatoms. The highest BCUT2D eigenvalue weighted by atomic mass is 16.5. The largest absolute Gasteiger partial charge is 0.496 e. The van der Waals surface area contributed by atoms with Crippen LogP contribution in [0.3, 0.4) is 0 Å². The second kappa shape index (κ2) is 6.54. The SMILES string of the molecule is CCCC(O)C(C)Cc1ccccc1OC. The van der Waals surface area contributed by atoms with Gasteiger partial charge in [-0.1, -0.05) is 38.5 Å². The van der Waals surface area contributed by atoms with Gasteiger partial charge in [0.2, 0.25) is 0 Å². The molecule has 0 saturated carbocycles. The number of hydrogen-bond acceptors (Lipinski definition) is 2. The molecule has 2 nitrogen and oxygen atoms in total. The highest BCUT2D eigenvalue weighted by Gasteiger charge is 2.15. The second-order valence-electron chi connectivity index (χ2n) is 4.35. The first-order valence-corrected chi connectivity index (χ1v) is 5.99. The molecule has 0 amide bonds. The average Bonchev–Trinajstić information content (AvgIpc) is 2.30. The van der Waals surface area contributed by atoms with Crippen LogP contribution in [-0.2, 0) is 6.42 Å². The number of aliphatic hydroxyl groups excluding tert-OH is 1. The molecule has 0 radical (unpaired) electrons. The third kappa shape index (κ3) is 3.53. The van der Waals surface area contributed by atoms with E-state index in [1.54, 1.807) is 7.11 Å². The predicted octanol–water partition coefficient (Wildman–Crippen LogP) is 3.03. The summed E-state index contributed by atoms with van der Waals surface area (Å²) in [5.41, 5.74) is 1.17. The van der Waals surface area contributed by atoms with Gasteiger partial charge < -0.3 is 9.84 Å². The van der Waals surface area contributed by atoms with Crippen molar-refractivity contribution in [1.29, 1.82) is 0 Å². The van der Waals surface area contributed by atoms with Crippen molar-refractivity contribution < 1.29 is 9.84 Å². The van der Waals surface area contributed by atoms with Crippen LogP contribution in [0.1, 0.15) is 32.3 Å². The second-order valence-corrected chi connectivity index (χ2v) is 4.35. The van der Waals surface area contributed by atoms with Gasteiger partial charge in [0, 0.05) is 0 Å². The van der Waals surface area contributed by atoms with Gasteiger partial charge in [-0.25, -0.2) is 0 Å². The molecule has 1 aromatic carbocycles. The lowest BCUT2D eigenvalue weighted by molar-refractivity contribution is 0.106. The van der Waals surface area contributed by atoms with Gasteiger partial charge in [0.25, 0.3) is 0 Å². The van der Waals surface area contributed by atoms with E-state index in [-0.39, 0.29) is 12.0 Å². The highest BCUT2D eigenvalue weighted by molar-refractivity contribution is 5.33. The van der Waals surface area contributed by atoms with Crippen LogP contribution in [0.4, 0.5) is 0 Å². The molecule has 0 spiro atoms. The van der Waals surface area contributed by atoms with Gasteiger partial charge in [0.15, 0.2) is 0 Å². The maximum atomic E-state index is 9.90. The minimum absolute atomic E-state index is 0.213. The van der Waals surface area contributed by atoms with E-state index in [0.717, 1.165) is 25.0 Å². The Morgan fingerprint density at radius 2 is 2.00 bits per heavy atom. The Kier molecular flexibility index (Phi) is 5.33. The summed E-state index contributed by atoms with van der Waals surface area (Å²) < 4.78 is 5.30. The summed E-state index contributed by atoms with van der Waals surface area (Å²) in [7, 11) is 1.69. The number of rotatable bonds is 6. The fourth-order valence-electron chi connectivity index (χ4n) is 1.93. The fourth-order valence-corrected chi connectivity index (χ4v) is 1.93. The lowest BCUT2D eigenvalue weighted by Gasteiger charge is -2.19. The van der Waals surface area contributed by atoms with Crippen molar-refractivity contribution in [2.24, 2.45) is 5.92 Å². The molecular weight excluding hydrogens is 200 g/mol. The number of benzene rings is 1. The summed E-state index contributed by atoms with van der Waals surface area (Å²) in [5, 5.41) is 9.90. The zero-order valence-electron chi connectivity index (χ0n) is 10.4. The van der Waals surface area contributed by atoms with Crippen LogP contribution in [0, 0.1) is 5.92 Å². The molecule has 1 aromatic rings. The molecule has 0 bridgehead atoms. The van der Waals surface area contributed by atoms with E-state index in [1.807, 2.05) is 18.2 Å². The lowest BCUT2D eigenvalue weighted by Crippen LogP contribution is -2.19. The van der Waals surface area contributed by atoms with Gasteiger partial charge >= 0.3 is 0 Å². The Bertz CT molecular complexity index is 309. The molecule has 1 N–H and O–H groups in total. The van der Waals surface area contributed by atoms with Gasteiger partial charge in [0.1, 0.15) is 5.75 Å². The van der Waals surface area contributed by atoms with Crippen LogP contribution >= 0.6 is 0 Å². The minimum atomic E-state index is -0.213. The summed E-state index contributed by atoms with van der Waals surface area (Å²) >= 11 is 0. The Morgan fingerprint density at radius 1 is 1.31 bits per heavy atom. The highest BCUT2D eigenvalue weighted by Crippen LogP contribution is 2.23. The van der Waals surface area contributed by atoms with Crippen molar-refractivity contribution in [3.63, 3.8) is 0 Å². The monoisotopic (exact) mass is 222 g/mol. The van der Waals surface area contributed by atoms with E-state index in [2.05, 4.69) is 19.9 Å². The van der Waals surface area contributed by atoms with Crippen LogP contribution in [0.15, 0.2) is 24.3 Å². The summed E-state index contributed by atoms with van der Waals surface area (Å²) in [6.45, 7) is 4.19. The zero-order valence-corrected chi connectivity index (χ0v) is 10.4. The summed E-state index contributed by atoms with van der Waals surface area (Å²) in [6, 6.07) is 8.01. The molecule has 0 fully saturated rings. The molecule has 1 rings (SSSR count). The smallest absolute Gasteiger partial charge is 0.122 e. The first-order valence-electron chi connectivity index (χ1n) is 5.99. The number of hydrogen-bond donors (Lipinski definition) is 1. The van der Waals surface area contributed by atoms with Gasteiger partial charge in [-0.2, -0.15) is 0 Å². The quantitative estimate of drug-likeness (QED) is 0.801. The molecule has 0 saturated heterocycles. The first kappa shape index (κ1) is 13.0. The lowest BCUT2D eigenvalue weighted by atomic mass is 9.93. The van der Waals surface area contributed by atoms with Crippen molar-refractivity contribution in [3.05, 3.63) is 29.8 Å². The Hall–Kier alpha value is -1.02. The van der Waals surface area contributed by atoms with Crippen LogP contribution in [0.2, 0.25) is 0 Å². The maximum Gasteiger partial charge on any atom is 0.122 e. The molecule has 0 aromatic heterocycles. The predicted molar refractivity (Wildman–Crippen MR) is 66.8 cm³/mol. The van der Waals surface area contributed by atoms with Crippen molar-refractivity contribution in [3.8, 4) is 5.75 Å². The molecule has 2 unspecified atom stereocenters. The third-order valence-electron chi connectivity index (χ3n) is 2.98. The van der Waals surface area contributed by atoms with Gasteiger partial charge in [0.05, 0.1) is 13.2 Å². The molecule has 2 atom stereocenters. The van der Waals surface area contributed by atoms with Gasteiger partial charge in [-0.15, -0.1) is 0 Å². The van der Waals surface area contributed by atoms with Crippen LogP contribution < -0.4 is 4.74 Å². The van der Waals surface area contributed by atoms with Crippen LogP contribution in [0.5, 0.6) is 5.75 Å². The van der Waals surface area contributed by atoms with Crippen molar-refractivity contribution >= 4 is 0 Å². The van der Waals surface area contributed by atoms with E-state index >= 15 is 0 Å². The Balaban J connectivity index is 2.64. The summed E-state index contributed by atoms with van der Waals surface area (Å²) in [4.78, 5) is 0. The number of ether oxygens (including phenoxy) is 1. The molecular formula is C14H22O2. The fraction of sp³-hybridized carbons (Fsp3) is 0.571. The number of methoxy groups -OCH3 is 1. The van der Waals surface area contributed by atoms with Crippen LogP contribution in [-0.4, -0.2) is 18.3 Å². The minimum Gasteiger partial charge on any atom is -0.496 e. The van der Waals surface area contributed by atoms with E-state index in [1.165, 1.54) is 5.56 Å². The van der Waals surface area contributed by atoms with E-state index in [9.17, 15) is 5.11 Å². The summed E-state index contributed by atoms with van der Waals surface area (Å²) in [6.07, 6.45) is 2.55. The molecule has 0 aliphatic rings. The van der Waals surface area contributed by atoms with Crippen molar-refractivity contribution in [2.75, 3.05) is 7.11 Å². The third-order valence-corrected chi connectivity index (χ3v) is 2.98. The Labute approximate surface area is 98.3 Å². The summed E-state index contributed by atoms with van der Waals surface area (Å²) in [5.74, 6) is 1.19. The molecule has 90 valence electrons. The maximum absolute atomic E-state index is 9.90. The van der Waals surface area contributed by atoms with Gasteiger partial charge in [-0.05, 0) is 30.4 Å². The Morgan fingerprint density at radius 3 is 2.62 bits per heavy atom. The normalized spacial score (nSPS) is 14.5. The zero-order chi connectivity index (χ0) is 12.0. The molecule has 16 heavy (non-hydrogen) atoms. The standard InChI is InChI=1S/C14H22O2/c1-4-7-13(15)11(2)10-12-8-5-6-9-14(12)16-3/h5-6,8-9,11,13,15H,4,7,10H2,1-3H3. The topological polar surface area (TPSA) is 29.5 Å².